The maximum Gasteiger partial charge on any atom is 0.308 e. The fraction of sp³-hybridized carbons (Fsp3) is 0.524. The van der Waals surface area contributed by atoms with Gasteiger partial charge in [0.05, 0.1) is 23.3 Å². The molecule has 6 atom stereocenters. The van der Waals surface area contributed by atoms with Crippen LogP contribution in [0.1, 0.15) is 18.4 Å². The third-order valence-electron chi connectivity index (χ3n) is 6.60. The number of ether oxygens (including phenoxy) is 1. The smallest absolute Gasteiger partial charge is 0.308 e. The van der Waals surface area contributed by atoms with Crippen LogP contribution in [0.15, 0.2) is 16.6 Å². The minimum atomic E-state index is -0.650. The second-order valence-electron chi connectivity index (χ2n) is 8.32. The summed E-state index contributed by atoms with van der Waals surface area (Å²) in [7, 11) is 0. The first kappa shape index (κ1) is 24.2. The van der Waals surface area contributed by atoms with E-state index in [1.54, 1.807) is 19.1 Å². The zero-order chi connectivity index (χ0) is 23.3. The molecule has 3 aliphatic rings. The van der Waals surface area contributed by atoms with Crippen LogP contribution in [0, 0.1) is 30.6 Å². The predicted octanol–water partition coefficient (Wildman–Crippen LogP) is 4.06. The van der Waals surface area contributed by atoms with Crippen molar-refractivity contribution in [2.75, 3.05) is 18.5 Å². The molecule has 172 valence electrons. The molecule has 3 fully saturated rings. The van der Waals surface area contributed by atoms with Crippen LogP contribution in [0.3, 0.4) is 0 Å². The molecule has 2 bridgehead atoms. The summed E-state index contributed by atoms with van der Waals surface area (Å²) in [6, 6.07) is 3.40. The van der Waals surface area contributed by atoms with Gasteiger partial charge in [0.2, 0.25) is 11.8 Å². The summed E-state index contributed by atoms with van der Waals surface area (Å²) < 4.78 is 5.74. The molecule has 1 saturated heterocycles. The third kappa shape index (κ3) is 4.16. The predicted molar refractivity (Wildman–Crippen MR) is 129 cm³/mol. The van der Waals surface area contributed by atoms with Gasteiger partial charge in [-0.15, -0.1) is 0 Å². The minimum Gasteiger partial charge on any atom is -0.456 e. The van der Waals surface area contributed by atoms with Crippen molar-refractivity contribution in [1.82, 2.24) is 4.90 Å². The van der Waals surface area contributed by atoms with Crippen LogP contribution in [0.25, 0.3) is 0 Å². The standard InChI is InChI=1S/C21H20Br3ClN2O5/c1-8-12(3-2-11(22)19(8)25)26-13(28)7-32-14(29)4-5-27-20(30)15-9-6-10(16(15)21(27)31)18(24)17(9)23/h2-3,9-10,15-18H,4-7H2,1H3,(H,26,28)/t9-,10-,15-,16-,17-,18+/m1/s1. The maximum absolute atomic E-state index is 12.8. The Morgan fingerprint density at radius 2 is 1.75 bits per heavy atom. The highest BCUT2D eigenvalue weighted by molar-refractivity contribution is 9.12. The van der Waals surface area contributed by atoms with Crippen LogP contribution in [0.4, 0.5) is 5.69 Å². The summed E-state index contributed by atoms with van der Waals surface area (Å²) >= 11 is 16.7. The van der Waals surface area contributed by atoms with Crippen molar-refractivity contribution in [3.63, 3.8) is 0 Å². The second kappa shape index (κ2) is 9.35. The molecule has 0 unspecified atom stereocenters. The average molecular weight is 656 g/mol. The number of halogens is 4. The zero-order valence-electron chi connectivity index (χ0n) is 16.9. The van der Waals surface area contributed by atoms with Gasteiger partial charge in [-0.3, -0.25) is 24.1 Å². The maximum atomic E-state index is 12.8. The number of imide groups is 1. The molecule has 1 aromatic carbocycles. The van der Waals surface area contributed by atoms with Gasteiger partial charge in [0.25, 0.3) is 5.91 Å². The second-order valence-corrected chi connectivity index (χ2v) is 11.7. The molecule has 4 rings (SSSR count). The van der Waals surface area contributed by atoms with E-state index in [9.17, 15) is 19.2 Å². The van der Waals surface area contributed by atoms with Gasteiger partial charge in [0.1, 0.15) is 0 Å². The molecule has 3 amide bonds. The van der Waals surface area contributed by atoms with Gasteiger partial charge in [-0.05, 0) is 58.8 Å². The lowest BCUT2D eigenvalue weighted by molar-refractivity contribution is -0.149. The Morgan fingerprint density at radius 3 is 2.34 bits per heavy atom. The number of amides is 3. The number of alkyl halides is 2. The van der Waals surface area contributed by atoms with E-state index in [1.165, 1.54) is 4.90 Å². The van der Waals surface area contributed by atoms with Crippen molar-refractivity contribution in [3.05, 3.63) is 27.2 Å². The van der Waals surface area contributed by atoms with Crippen molar-refractivity contribution >= 4 is 88.8 Å². The van der Waals surface area contributed by atoms with Gasteiger partial charge in [0, 0.05) is 26.4 Å². The molecule has 1 aliphatic heterocycles. The molecular weight excluding hydrogens is 635 g/mol. The van der Waals surface area contributed by atoms with Gasteiger partial charge >= 0.3 is 5.97 Å². The van der Waals surface area contributed by atoms with E-state index >= 15 is 0 Å². The molecular formula is C21H20Br3ClN2O5. The lowest BCUT2D eigenvalue weighted by Gasteiger charge is -2.28. The summed E-state index contributed by atoms with van der Waals surface area (Å²) in [5.74, 6) is -1.94. The van der Waals surface area contributed by atoms with E-state index in [0.717, 1.165) is 6.42 Å². The molecule has 2 saturated carbocycles. The highest BCUT2D eigenvalue weighted by atomic mass is 79.9. The Morgan fingerprint density at radius 1 is 1.16 bits per heavy atom. The van der Waals surface area contributed by atoms with Gasteiger partial charge < -0.3 is 10.1 Å². The summed E-state index contributed by atoms with van der Waals surface area (Å²) in [6.07, 6.45) is 0.699. The van der Waals surface area contributed by atoms with Crippen LogP contribution in [-0.2, 0) is 23.9 Å². The van der Waals surface area contributed by atoms with Crippen molar-refractivity contribution < 1.29 is 23.9 Å². The largest absolute Gasteiger partial charge is 0.456 e. The lowest BCUT2D eigenvalue weighted by atomic mass is 9.81. The Bertz CT molecular complexity index is 974. The van der Waals surface area contributed by atoms with Crippen LogP contribution in [0.5, 0.6) is 0 Å². The Hall–Kier alpha value is -0.970. The monoisotopic (exact) mass is 652 g/mol. The topological polar surface area (TPSA) is 92.8 Å². The lowest BCUT2D eigenvalue weighted by Crippen LogP contribution is -2.37. The molecule has 32 heavy (non-hydrogen) atoms. The minimum absolute atomic E-state index is 0.0358. The molecule has 1 N–H and O–H groups in total. The first-order chi connectivity index (χ1) is 15.1. The number of anilines is 1. The van der Waals surface area contributed by atoms with Crippen molar-refractivity contribution in [1.29, 1.82) is 0 Å². The zero-order valence-corrected chi connectivity index (χ0v) is 22.5. The molecule has 2 aliphatic carbocycles. The molecule has 1 heterocycles. The summed E-state index contributed by atoms with van der Waals surface area (Å²) in [5.41, 5.74) is 1.20. The Labute approximate surface area is 215 Å². The molecule has 0 radical (unpaired) electrons. The summed E-state index contributed by atoms with van der Waals surface area (Å²) in [5, 5.41) is 3.13. The number of carbonyl (C=O) groups is 4. The van der Waals surface area contributed by atoms with E-state index in [-0.39, 0.29) is 58.1 Å². The van der Waals surface area contributed by atoms with Crippen LogP contribution >= 0.6 is 59.4 Å². The number of hydrogen-bond acceptors (Lipinski definition) is 5. The van der Waals surface area contributed by atoms with E-state index in [0.29, 0.717) is 20.7 Å². The van der Waals surface area contributed by atoms with Gasteiger partial charge in [-0.1, -0.05) is 43.5 Å². The van der Waals surface area contributed by atoms with Gasteiger partial charge in [0.15, 0.2) is 6.61 Å². The number of likely N-dealkylation sites (tertiary alicyclic amines) is 1. The van der Waals surface area contributed by atoms with E-state index in [1.807, 2.05) is 0 Å². The Kier molecular flexibility index (Phi) is 7.06. The number of nitrogens with zero attached hydrogens (tertiary/aromatic N) is 1. The first-order valence-electron chi connectivity index (χ1n) is 10.1. The highest BCUT2D eigenvalue weighted by Crippen LogP contribution is 2.60. The van der Waals surface area contributed by atoms with Crippen LogP contribution < -0.4 is 5.32 Å². The summed E-state index contributed by atoms with van der Waals surface area (Å²) in [4.78, 5) is 51.5. The molecule has 7 nitrogen and oxygen atoms in total. The Balaban J connectivity index is 1.27. The van der Waals surface area contributed by atoms with E-state index in [4.69, 9.17) is 16.3 Å². The highest BCUT2D eigenvalue weighted by Gasteiger charge is 2.66. The summed E-state index contributed by atoms with van der Waals surface area (Å²) in [6.45, 7) is 1.25. The fourth-order valence-corrected chi connectivity index (χ4v) is 7.49. The average Bonchev–Trinajstić information content (AvgIpc) is 3.36. The van der Waals surface area contributed by atoms with Crippen molar-refractivity contribution in [2.45, 2.75) is 29.4 Å². The number of fused-ring (bicyclic) bond motifs is 5. The van der Waals surface area contributed by atoms with E-state index < -0.39 is 18.5 Å². The number of hydrogen-bond donors (Lipinski definition) is 1. The molecule has 11 heteroatoms. The van der Waals surface area contributed by atoms with Crippen molar-refractivity contribution in [2.24, 2.45) is 23.7 Å². The van der Waals surface area contributed by atoms with Gasteiger partial charge in [-0.25, -0.2) is 0 Å². The number of rotatable bonds is 6. The number of carbonyl (C=O) groups excluding carboxylic acids is 4. The number of nitrogens with one attached hydrogen (secondary N) is 1. The molecule has 0 aromatic heterocycles. The van der Waals surface area contributed by atoms with Crippen LogP contribution in [-0.4, -0.2) is 51.4 Å². The van der Waals surface area contributed by atoms with Crippen molar-refractivity contribution in [3.8, 4) is 0 Å². The third-order valence-corrected chi connectivity index (χ3v) is 11.2. The quantitative estimate of drug-likeness (QED) is 0.284. The first-order valence-corrected chi connectivity index (χ1v) is 13.2. The molecule has 1 aromatic rings. The fourth-order valence-electron chi connectivity index (χ4n) is 5.03. The van der Waals surface area contributed by atoms with E-state index in [2.05, 4.69) is 53.1 Å². The number of esters is 1. The SMILES string of the molecule is Cc1c(NC(=O)COC(=O)CCN2C(=O)[C@@H]3[C@H]4C[C@@H]([C@@H](Br)[C@H]4Br)[C@H]3C2=O)ccc(Br)c1Cl. The molecule has 0 spiro atoms. The number of benzene rings is 1. The van der Waals surface area contributed by atoms with Crippen LogP contribution in [0.2, 0.25) is 5.02 Å². The normalized spacial score (nSPS) is 30.6. The van der Waals surface area contributed by atoms with Gasteiger partial charge in [-0.2, -0.15) is 0 Å².